The summed E-state index contributed by atoms with van der Waals surface area (Å²) in [7, 11) is 1.42. The first kappa shape index (κ1) is 14.3. The Labute approximate surface area is 100 Å². The Kier molecular flexibility index (Phi) is 4.20. The van der Waals surface area contributed by atoms with Crippen molar-refractivity contribution in [3.8, 4) is 0 Å². The number of carboxylic acids is 1. The van der Waals surface area contributed by atoms with Gasteiger partial charge in [-0.1, -0.05) is 0 Å². The predicted octanol–water partition coefficient (Wildman–Crippen LogP) is 1.70. The van der Waals surface area contributed by atoms with Crippen LogP contribution in [0.3, 0.4) is 0 Å². The normalized spacial score (nSPS) is 16.4. The lowest BCUT2D eigenvalue weighted by molar-refractivity contribution is -0.158. The summed E-state index contributed by atoms with van der Waals surface area (Å²) in [6, 6.07) is 0. The second-order valence-corrected chi connectivity index (χ2v) is 3.70. The molecule has 102 valence electrons. The monoisotopic (exact) mass is 269 g/mol. The highest BCUT2D eigenvalue weighted by Gasteiger charge is 2.42. The average molecular weight is 269 g/mol. The molecule has 0 spiro atoms. The van der Waals surface area contributed by atoms with Crippen molar-refractivity contribution in [2.75, 3.05) is 20.2 Å². The number of rotatable bonds is 5. The van der Waals surface area contributed by atoms with E-state index in [1.807, 2.05) is 0 Å². The fraction of sp³-hybridized carbons (Fsp3) is 0.500. The molecule has 1 aliphatic heterocycles. The van der Waals surface area contributed by atoms with E-state index in [1.54, 1.807) is 0 Å². The number of alkyl halides is 4. The molecule has 0 saturated heterocycles. The van der Waals surface area contributed by atoms with Crippen LogP contribution < -0.4 is 0 Å². The third-order valence-electron chi connectivity index (χ3n) is 2.22. The summed E-state index contributed by atoms with van der Waals surface area (Å²) >= 11 is 0. The van der Waals surface area contributed by atoms with Crippen molar-refractivity contribution >= 4 is 5.97 Å². The SMILES string of the molecule is CN1CC(OCC(F)(F)C(F)F)=CC=C1C(=O)O. The third-order valence-corrected chi connectivity index (χ3v) is 2.22. The fourth-order valence-electron chi connectivity index (χ4n) is 1.25. The molecule has 0 aliphatic carbocycles. The van der Waals surface area contributed by atoms with Gasteiger partial charge in [0.2, 0.25) is 0 Å². The quantitative estimate of drug-likeness (QED) is 0.772. The molecule has 1 N–H and O–H groups in total. The summed E-state index contributed by atoms with van der Waals surface area (Å²) in [6.07, 6.45) is -1.48. The molecule has 4 nitrogen and oxygen atoms in total. The molecule has 18 heavy (non-hydrogen) atoms. The Morgan fingerprint density at radius 2 is 2.17 bits per heavy atom. The van der Waals surface area contributed by atoms with E-state index in [4.69, 9.17) is 5.11 Å². The lowest BCUT2D eigenvalue weighted by atomic mass is 10.2. The maximum absolute atomic E-state index is 12.6. The minimum absolute atomic E-state index is 0.00262. The number of aliphatic carboxylic acids is 1. The number of hydrogen-bond donors (Lipinski definition) is 1. The third kappa shape index (κ3) is 3.38. The van der Waals surface area contributed by atoms with E-state index in [1.165, 1.54) is 18.0 Å². The van der Waals surface area contributed by atoms with Gasteiger partial charge in [0.25, 0.3) is 0 Å². The number of halogens is 4. The molecular formula is C10H11F4NO3. The van der Waals surface area contributed by atoms with E-state index in [-0.39, 0.29) is 18.0 Å². The molecule has 0 saturated carbocycles. The Morgan fingerprint density at radius 1 is 1.56 bits per heavy atom. The van der Waals surface area contributed by atoms with Crippen molar-refractivity contribution in [1.29, 1.82) is 0 Å². The zero-order valence-corrected chi connectivity index (χ0v) is 9.37. The molecule has 0 fully saturated rings. The molecule has 0 unspecified atom stereocenters. The van der Waals surface area contributed by atoms with E-state index in [2.05, 4.69) is 4.74 Å². The van der Waals surface area contributed by atoms with Gasteiger partial charge in [-0.3, -0.25) is 0 Å². The number of carbonyl (C=O) groups is 1. The summed E-state index contributed by atoms with van der Waals surface area (Å²) < 4.78 is 53.4. The van der Waals surface area contributed by atoms with Gasteiger partial charge in [-0.15, -0.1) is 0 Å². The number of ether oxygens (including phenoxy) is 1. The summed E-state index contributed by atoms with van der Waals surface area (Å²) in [5.41, 5.74) is -0.0389. The number of hydrogen-bond acceptors (Lipinski definition) is 3. The highest BCUT2D eigenvalue weighted by molar-refractivity contribution is 5.86. The van der Waals surface area contributed by atoms with Crippen molar-refractivity contribution in [2.45, 2.75) is 12.3 Å². The van der Waals surface area contributed by atoms with Gasteiger partial charge in [-0.05, 0) is 12.2 Å². The largest absolute Gasteiger partial charge is 0.490 e. The highest BCUT2D eigenvalue weighted by Crippen LogP contribution is 2.24. The maximum Gasteiger partial charge on any atom is 0.352 e. The Bertz CT molecular complexity index is 393. The zero-order chi connectivity index (χ0) is 13.9. The molecule has 1 heterocycles. The van der Waals surface area contributed by atoms with Crippen LogP contribution >= 0.6 is 0 Å². The van der Waals surface area contributed by atoms with Gasteiger partial charge in [0.1, 0.15) is 11.5 Å². The first-order valence-corrected chi connectivity index (χ1v) is 4.88. The molecule has 1 aliphatic rings. The second-order valence-electron chi connectivity index (χ2n) is 3.70. The summed E-state index contributed by atoms with van der Waals surface area (Å²) in [5, 5.41) is 8.73. The van der Waals surface area contributed by atoms with Crippen LogP contribution in [0.25, 0.3) is 0 Å². The molecule has 8 heteroatoms. The molecule has 0 bridgehead atoms. The smallest absolute Gasteiger partial charge is 0.352 e. The predicted molar refractivity (Wildman–Crippen MR) is 53.3 cm³/mol. The highest BCUT2D eigenvalue weighted by atomic mass is 19.3. The van der Waals surface area contributed by atoms with Gasteiger partial charge < -0.3 is 14.7 Å². The first-order valence-electron chi connectivity index (χ1n) is 4.88. The minimum Gasteiger partial charge on any atom is -0.490 e. The van der Waals surface area contributed by atoms with E-state index >= 15 is 0 Å². The zero-order valence-electron chi connectivity index (χ0n) is 9.37. The molecule has 0 radical (unpaired) electrons. The van der Waals surface area contributed by atoms with E-state index in [0.29, 0.717) is 0 Å². The van der Waals surface area contributed by atoms with Crippen molar-refractivity contribution < 1.29 is 32.2 Å². The number of allylic oxidation sites excluding steroid dienone is 2. The van der Waals surface area contributed by atoms with Crippen molar-refractivity contribution in [3.63, 3.8) is 0 Å². The van der Waals surface area contributed by atoms with Crippen molar-refractivity contribution in [3.05, 3.63) is 23.6 Å². The number of likely N-dealkylation sites (N-methyl/N-ethyl adjacent to an activating group) is 1. The van der Waals surface area contributed by atoms with E-state index in [0.717, 1.165) is 6.08 Å². The van der Waals surface area contributed by atoms with Crippen LogP contribution in [-0.2, 0) is 9.53 Å². The van der Waals surface area contributed by atoms with Crippen LogP contribution in [0, 0.1) is 0 Å². The van der Waals surface area contributed by atoms with Gasteiger partial charge in [0.05, 0.1) is 6.54 Å². The van der Waals surface area contributed by atoms with E-state index < -0.39 is 24.9 Å². The Balaban J connectivity index is 2.64. The fourth-order valence-corrected chi connectivity index (χ4v) is 1.25. The van der Waals surface area contributed by atoms with Crippen LogP contribution in [0.5, 0.6) is 0 Å². The lowest BCUT2D eigenvalue weighted by Gasteiger charge is -2.25. The van der Waals surface area contributed by atoms with Gasteiger partial charge in [0, 0.05) is 7.05 Å². The number of nitrogens with zero attached hydrogens (tertiary/aromatic N) is 1. The van der Waals surface area contributed by atoms with Crippen LogP contribution in [0.4, 0.5) is 17.6 Å². The van der Waals surface area contributed by atoms with E-state index in [9.17, 15) is 22.4 Å². The van der Waals surface area contributed by atoms with Crippen LogP contribution in [0.15, 0.2) is 23.6 Å². The Morgan fingerprint density at radius 3 is 2.61 bits per heavy atom. The van der Waals surface area contributed by atoms with Crippen LogP contribution in [0.2, 0.25) is 0 Å². The van der Waals surface area contributed by atoms with Crippen LogP contribution in [0.1, 0.15) is 0 Å². The van der Waals surface area contributed by atoms with Gasteiger partial charge in [0.15, 0.2) is 6.61 Å². The number of carboxylic acid groups (broad SMARTS) is 1. The van der Waals surface area contributed by atoms with Crippen LogP contribution in [-0.4, -0.2) is 48.5 Å². The second kappa shape index (κ2) is 5.28. The molecule has 0 aromatic rings. The summed E-state index contributed by atoms with van der Waals surface area (Å²) in [6.45, 7) is -1.52. The van der Waals surface area contributed by atoms with Gasteiger partial charge in [-0.2, -0.15) is 8.78 Å². The molecule has 0 aromatic carbocycles. The first-order chi connectivity index (χ1) is 8.24. The molecule has 0 atom stereocenters. The maximum atomic E-state index is 12.6. The Hall–Kier alpha value is -1.73. The van der Waals surface area contributed by atoms with Gasteiger partial charge in [-0.25, -0.2) is 13.6 Å². The minimum atomic E-state index is -4.23. The van der Waals surface area contributed by atoms with Crippen molar-refractivity contribution in [2.24, 2.45) is 0 Å². The molecule has 1 rings (SSSR count). The molecule has 0 amide bonds. The van der Waals surface area contributed by atoms with Crippen molar-refractivity contribution in [1.82, 2.24) is 4.90 Å². The molecule has 0 aromatic heterocycles. The standard InChI is InChI=1S/C10H11F4NO3/c1-15-4-6(2-3-7(15)8(16)17)18-5-10(13,14)9(11)12/h2-3,9H,4-5H2,1H3,(H,16,17). The summed E-state index contributed by atoms with van der Waals surface area (Å²) in [5.74, 6) is -5.40. The molecular weight excluding hydrogens is 258 g/mol. The topological polar surface area (TPSA) is 49.8 Å². The van der Waals surface area contributed by atoms with Gasteiger partial charge >= 0.3 is 18.3 Å². The lowest BCUT2D eigenvalue weighted by Crippen LogP contribution is -2.34. The summed E-state index contributed by atoms with van der Waals surface area (Å²) in [4.78, 5) is 11.9. The average Bonchev–Trinajstić information content (AvgIpc) is 2.25.